The molecule has 0 atom stereocenters. The standard InChI is InChI=1S/C3H3O.Nb.Ti/c1-2-3-4;;/h2H,1H2;;/q-1;;. The molecule has 1 nitrogen and oxygen atoms in total. The summed E-state index contributed by atoms with van der Waals surface area (Å²) in [5.74, 6) is 0. The quantitative estimate of drug-likeness (QED) is 0.334. The minimum absolute atomic E-state index is 0. The molecule has 6 heavy (non-hydrogen) atoms. The fraction of sp³-hybridized carbons (Fsp3) is 0. The van der Waals surface area contributed by atoms with E-state index in [0.29, 0.717) is 0 Å². The molecule has 0 saturated heterocycles. The fourth-order valence-corrected chi connectivity index (χ4v) is 0. The molecule has 0 unspecified atom stereocenters. The van der Waals surface area contributed by atoms with Crippen molar-refractivity contribution in [2.75, 3.05) is 0 Å². The molecule has 0 aliphatic heterocycles. The third-order valence-electron chi connectivity index (χ3n) is 0.0833. The van der Waals surface area contributed by atoms with Crippen LogP contribution < -0.4 is 0 Å². The maximum Gasteiger partial charge on any atom is 0 e. The Kier molecular flexibility index (Phi) is 44.6. The molecule has 0 amide bonds. The van der Waals surface area contributed by atoms with Crippen LogP contribution >= 0.6 is 0 Å². The van der Waals surface area contributed by atoms with Gasteiger partial charge >= 0.3 is 0 Å². The van der Waals surface area contributed by atoms with Gasteiger partial charge in [0.1, 0.15) is 0 Å². The van der Waals surface area contributed by atoms with E-state index in [2.05, 4.69) is 6.58 Å². The van der Waals surface area contributed by atoms with Crippen molar-refractivity contribution >= 4 is 6.29 Å². The SMILES string of the molecule is C=C[C-]=O.[Nb].[Ti]. The summed E-state index contributed by atoms with van der Waals surface area (Å²) in [7, 11) is 0. The molecule has 0 fully saturated rings. The summed E-state index contributed by atoms with van der Waals surface area (Å²) >= 11 is 0. The van der Waals surface area contributed by atoms with Crippen molar-refractivity contribution in [3.8, 4) is 0 Å². The van der Waals surface area contributed by atoms with Gasteiger partial charge in [0.25, 0.3) is 0 Å². The Morgan fingerprint density at radius 3 is 1.83 bits per heavy atom. The number of hydrogen-bond acceptors (Lipinski definition) is 1. The van der Waals surface area contributed by atoms with Gasteiger partial charge in [0.05, 0.1) is 0 Å². The predicted molar refractivity (Wildman–Crippen MR) is 15.9 cm³/mol. The summed E-state index contributed by atoms with van der Waals surface area (Å²) in [6, 6.07) is 0. The molecule has 0 aliphatic rings. The van der Waals surface area contributed by atoms with Gasteiger partial charge in [-0.2, -0.15) is 0 Å². The first-order valence-electron chi connectivity index (χ1n) is 0.901. The van der Waals surface area contributed by atoms with Crippen molar-refractivity contribution in [3.05, 3.63) is 12.7 Å². The van der Waals surface area contributed by atoms with Gasteiger partial charge in [-0.05, 0) is 6.29 Å². The van der Waals surface area contributed by atoms with E-state index < -0.39 is 0 Å². The normalized spacial score (nSPS) is 3.33. The first-order valence-corrected chi connectivity index (χ1v) is 0.901. The van der Waals surface area contributed by atoms with Crippen LogP contribution in [-0.2, 0) is 48.9 Å². The van der Waals surface area contributed by atoms with E-state index in [1.54, 1.807) is 0 Å². The van der Waals surface area contributed by atoms with Crippen molar-refractivity contribution < 1.29 is 48.9 Å². The molecule has 31 valence electrons. The molecule has 3 heteroatoms. The van der Waals surface area contributed by atoms with Gasteiger partial charge in [-0.3, -0.25) is 0 Å². The van der Waals surface area contributed by atoms with Gasteiger partial charge in [0.2, 0.25) is 0 Å². The summed E-state index contributed by atoms with van der Waals surface area (Å²) in [5.41, 5.74) is 0. The number of allylic oxidation sites excluding steroid dienone is 1. The molecule has 0 N–H and O–H groups in total. The zero-order chi connectivity index (χ0) is 3.41. The summed E-state index contributed by atoms with van der Waals surface area (Å²) in [6.45, 7) is 3.06. The number of rotatable bonds is 1. The molecule has 0 aliphatic carbocycles. The largest absolute Gasteiger partial charge is 0.419 e. The smallest absolute Gasteiger partial charge is 0 e. The molecule has 0 rings (SSSR count). The molecule has 0 saturated carbocycles. The average Bonchev–Trinajstić information content (AvgIpc) is 1.37. The van der Waals surface area contributed by atoms with Crippen LogP contribution in [0.5, 0.6) is 0 Å². The average molecular weight is 196 g/mol. The second-order valence-electron chi connectivity index (χ2n) is 0.322. The van der Waals surface area contributed by atoms with Crippen LogP contribution in [-0.4, -0.2) is 6.29 Å². The Balaban J connectivity index is -0.0000000450. The van der Waals surface area contributed by atoms with Crippen LogP contribution in [0.25, 0.3) is 0 Å². The summed E-state index contributed by atoms with van der Waals surface area (Å²) < 4.78 is 0. The van der Waals surface area contributed by atoms with Crippen molar-refractivity contribution in [1.82, 2.24) is 0 Å². The van der Waals surface area contributed by atoms with E-state index in [4.69, 9.17) is 4.79 Å². The Morgan fingerprint density at radius 2 is 1.83 bits per heavy atom. The molecule has 1 radical (unpaired) electrons. The van der Waals surface area contributed by atoms with Crippen LogP contribution in [0.3, 0.4) is 0 Å². The third kappa shape index (κ3) is 20.9. The molecule has 0 bridgehead atoms. The zero-order valence-electron chi connectivity index (χ0n) is 3.14. The maximum atomic E-state index is 8.93. The van der Waals surface area contributed by atoms with E-state index in [9.17, 15) is 0 Å². The van der Waals surface area contributed by atoms with Gasteiger partial charge in [0.15, 0.2) is 0 Å². The van der Waals surface area contributed by atoms with E-state index in [1.807, 2.05) is 0 Å². The monoisotopic (exact) mass is 196 g/mol. The molecule has 0 aromatic heterocycles. The van der Waals surface area contributed by atoms with Gasteiger partial charge < -0.3 is 4.79 Å². The number of carbonyl (C=O) groups excluding carboxylic acids is 1. The Morgan fingerprint density at radius 1 is 1.67 bits per heavy atom. The molecule has 0 heterocycles. The van der Waals surface area contributed by atoms with E-state index in [1.165, 1.54) is 6.29 Å². The van der Waals surface area contributed by atoms with Crippen molar-refractivity contribution in [1.29, 1.82) is 0 Å². The first-order chi connectivity index (χ1) is 1.91. The summed E-state index contributed by atoms with van der Waals surface area (Å²) in [5, 5.41) is 0. The van der Waals surface area contributed by atoms with Crippen LogP contribution in [0.15, 0.2) is 12.7 Å². The van der Waals surface area contributed by atoms with Gasteiger partial charge in [0, 0.05) is 44.1 Å². The molecule has 0 aromatic carbocycles. The topological polar surface area (TPSA) is 17.1 Å². The zero-order valence-corrected chi connectivity index (χ0v) is 6.90. The van der Waals surface area contributed by atoms with Crippen molar-refractivity contribution in [2.24, 2.45) is 0 Å². The fourth-order valence-electron chi connectivity index (χ4n) is 0. The van der Waals surface area contributed by atoms with E-state index in [-0.39, 0.29) is 44.1 Å². The minimum atomic E-state index is 0. The Bertz CT molecular complexity index is 31.8. The molecular weight excluding hydrogens is 193 g/mol. The van der Waals surface area contributed by atoms with Gasteiger partial charge in [-0.15, -0.1) is 0 Å². The molecular formula is C3H3NbOTi-. The summed E-state index contributed by atoms with van der Waals surface area (Å²) in [4.78, 5) is 8.93. The van der Waals surface area contributed by atoms with Crippen LogP contribution in [0.2, 0.25) is 0 Å². The number of hydrogen-bond donors (Lipinski definition) is 0. The second kappa shape index (κ2) is 16.9. The Labute approximate surface area is 67.6 Å². The van der Waals surface area contributed by atoms with Crippen LogP contribution in [0.1, 0.15) is 0 Å². The van der Waals surface area contributed by atoms with Crippen molar-refractivity contribution in [3.63, 3.8) is 0 Å². The Hall–Kier alpha value is 0.865. The van der Waals surface area contributed by atoms with E-state index in [0.717, 1.165) is 6.08 Å². The maximum absolute atomic E-state index is 8.93. The third-order valence-corrected chi connectivity index (χ3v) is 0.0833. The first kappa shape index (κ1) is 15.8. The minimum Gasteiger partial charge on any atom is -0.419 e. The van der Waals surface area contributed by atoms with Gasteiger partial charge in [-0.25, -0.2) is 12.7 Å². The van der Waals surface area contributed by atoms with Crippen molar-refractivity contribution in [2.45, 2.75) is 0 Å². The van der Waals surface area contributed by atoms with E-state index >= 15 is 0 Å². The molecule has 0 spiro atoms. The summed E-state index contributed by atoms with van der Waals surface area (Å²) in [6.07, 6.45) is 2.51. The second-order valence-corrected chi connectivity index (χ2v) is 0.322. The van der Waals surface area contributed by atoms with Gasteiger partial charge in [-0.1, -0.05) is 0 Å². The van der Waals surface area contributed by atoms with Crippen LogP contribution in [0, 0.1) is 0 Å². The molecule has 0 aromatic rings. The predicted octanol–water partition coefficient (Wildman–Crippen LogP) is 0.277. The van der Waals surface area contributed by atoms with Crippen LogP contribution in [0.4, 0.5) is 0 Å².